The zero-order valence-corrected chi connectivity index (χ0v) is 15.9. The van der Waals surface area contributed by atoms with Gasteiger partial charge in [-0.15, -0.1) is 0 Å². The van der Waals surface area contributed by atoms with Gasteiger partial charge in [0, 0.05) is 54.2 Å². The SMILES string of the molecule is Cc1cc(C(=O)N2CCN(C(=O)c3c(C)[nH]c4ccccc34)CC2)c(C)[nH]1. The van der Waals surface area contributed by atoms with Crippen molar-refractivity contribution >= 4 is 22.7 Å². The number of carbonyl (C=O) groups is 2. The molecule has 1 fully saturated rings. The maximum atomic E-state index is 13.1. The third kappa shape index (κ3) is 3.01. The lowest BCUT2D eigenvalue weighted by molar-refractivity contribution is 0.0535. The number of hydrogen-bond acceptors (Lipinski definition) is 2. The number of rotatable bonds is 2. The Bertz CT molecular complexity index is 1020. The van der Waals surface area contributed by atoms with Crippen molar-refractivity contribution in [2.75, 3.05) is 26.2 Å². The fraction of sp³-hybridized carbons (Fsp3) is 0.333. The second-order valence-electron chi connectivity index (χ2n) is 7.25. The van der Waals surface area contributed by atoms with Crippen molar-refractivity contribution in [1.82, 2.24) is 19.8 Å². The van der Waals surface area contributed by atoms with Crippen LogP contribution in [0.15, 0.2) is 30.3 Å². The van der Waals surface area contributed by atoms with Gasteiger partial charge in [-0.05, 0) is 32.9 Å². The van der Waals surface area contributed by atoms with Crippen molar-refractivity contribution in [3.05, 3.63) is 58.5 Å². The average Bonchev–Trinajstić information content (AvgIpc) is 3.18. The maximum Gasteiger partial charge on any atom is 0.256 e. The van der Waals surface area contributed by atoms with Crippen LogP contribution in [-0.2, 0) is 0 Å². The van der Waals surface area contributed by atoms with Gasteiger partial charge < -0.3 is 19.8 Å². The van der Waals surface area contributed by atoms with Crippen molar-refractivity contribution in [2.24, 2.45) is 0 Å². The highest BCUT2D eigenvalue weighted by atomic mass is 16.2. The number of carbonyl (C=O) groups excluding carboxylic acids is 2. The molecule has 0 radical (unpaired) electrons. The van der Waals surface area contributed by atoms with E-state index in [1.165, 1.54) is 0 Å². The molecule has 3 heterocycles. The number of benzene rings is 1. The van der Waals surface area contributed by atoms with Crippen molar-refractivity contribution < 1.29 is 9.59 Å². The molecule has 0 atom stereocenters. The first-order valence-corrected chi connectivity index (χ1v) is 9.28. The molecule has 4 rings (SSSR count). The van der Waals surface area contributed by atoms with Crippen LogP contribution in [0, 0.1) is 20.8 Å². The molecule has 2 amide bonds. The van der Waals surface area contributed by atoms with E-state index in [2.05, 4.69) is 9.97 Å². The van der Waals surface area contributed by atoms with Crippen LogP contribution < -0.4 is 0 Å². The van der Waals surface area contributed by atoms with Gasteiger partial charge in [-0.1, -0.05) is 18.2 Å². The highest BCUT2D eigenvalue weighted by Crippen LogP contribution is 2.24. The minimum Gasteiger partial charge on any atom is -0.362 e. The molecule has 1 saturated heterocycles. The van der Waals surface area contributed by atoms with Crippen LogP contribution >= 0.6 is 0 Å². The molecule has 6 nitrogen and oxygen atoms in total. The molecule has 2 aromatic heterocycles. The zero-order valence-electron chi connectivity index (χ0n) is 15.9. The number of hydrogen-bond donors (Lipinski definition) is 2. The smallest absolute Gasteiger partial charge is 0.256 e. The van der Waals surface area contributed by atoms with Crippen molar-refractivity contribution in [1.29, 1.82) is 0 Å². The molecule has 2 N–H and O–H groups in total. The largest absolute Gasteiger partial charge is 0.362 e. The quantitative estimate of drug-likeness (QED) is 0.734. The number of fused-ring (bicyclic) bond motifs is 1. The monoisotopic (exact) mass is 364 g/mol. The fourth-order valence-corrected chi connectivity index (χ4v) is 3.94. The Morgan fingerprint density at radius 1 is 0.852 bits per heavy atom. The first-order chi connectivity index (χ1) is 13.0. The normalized spacial score (nSPS) is 14.8. The van der Waals surface area contributed by atoms with Gasteiger partial charge >= 0.3 is 0 Å². The lowest BCUT2D eigenvalue weighted by Crippen LogP contribution is -2.50. The Kier molecular flexibility index (Phi) is 4.26. The van der Waals surface area contributed by atoms with Crippen LogP contribution in [0.25, 0.3) is 10.9 Å². The summed E-state index contributed by atoms with van der Waals surface area (Å²) in [4.78, 5) is 36.0. The summed E-state index contributed by atoms with van der Waals surface area (Å²) in [6, 6.07) is 9.76. The standard InChI is InChI=1S/C21H24N4O2/c1-13-12-17(14(2)22-13)20(26)24-8-10-25(11-9-24)21(27)19-15(3)23-18-7-5-4-6-16(18)19/h4-7,12,22-23H,8-11H2,1-3H3. The van der Waals surface area contributed by atoms with E-state index in [1.807, 2.05) is 60.9 Å². The van der Waals surface area contributed by atoms with E-state index in [9.17, 15) is 9.59 Å². The van der Waals surface area contributed by atoms with Gasteiger partial charge in [0.25, 0.3) is 11.8 Å². The third-order valence-electron chi connectivity index (χ3n) is 5.34. The average molecular weight is 364 g/mol. The van der Waals surface area contributed by atoms with Crippen LogP contribution in [0.2, 0.25) is 0 Å². The Morgan fingerprint density at radius 3 is 2.11 bits per heavy atom. The molecule has 0 spiro atoms. The number of para-hydroxylation sites is 1. The van der Waals surface area contributed by atoms with Gasteiger partial charge in [-0.25, -0.2) is 0 Å². The van der Waals surface area contributed by atoms with Crippen LogP contribution in [0.4, 0.5) is 0 Å². The zero-order chi connectivity index (χ0) is 19.1. The van der Waals surface area contributed by atoms with Crippen LogP contribution in [0.3, 0.4) is 0 Å². The molecule has 1 aromatic carbocycles. The maximum absolute atomic E-state index is 13.1. The molecule has 0 bridgehead atoms. The van der Waals surface area contributed by atoms with E-state index in [0.717, 1.165) is 39.1 Å². The molecule has 0 aliphatic carbocycles. The van der Waals surface area contributed by atoms with E-state index in [1.54, 1.807) is 0 Å². The molecular formula is C21H24N4O2. The fourth-order valence-electron chi connectivity index (χ4n) is 3.94. The molecule has 3 aromatic rings. The summed E-state index contributed by atoms with van der Waals surface area (Å²) in [6.07, 6.45) is 0. The molecule has 0 unspecified atom stereocenters. The highest BCUT2D eigenvalue weighted by molar-refractivity contribution is 6.08. The minimum absolute atomic E-state index is 0.0331. The third-order valence-corrected chi connectivity index (χ3v) is 5.34. The summed E-state index contributed by atoms with van der Waals surface area (Å²) in [5, 5.41) is 0.955. The Balaban J connectivity index is 1.49. The molecule has 0 saturated carbocycles. The topological polar surface area (TPSA) is 72.2 Å². The molecule has 140 valence electrons. The predicted octanol–water partition coefficient (Wildman–Crippen LogP) is 3.02. The highest BCUT2D eigenvalue weighted by Gasteiger charge is 2.28. The second-order valence-corrected chi connectivity index (χ2v) is 7.25. The first kappa shape index (κ1) is 17.4. The summed E-state index contributed by atoms with van der Waals surface area (Å²) in [5.41, 5.74) is 5.20. The van der Waals surface area contributed by atoms with E-state index >= 15 is 0 Å². The number of nitrogens with zero attached hydrogens (tertiary/aromatic N) is 2. The predicted molar refractivity (Wildman–Crippen MR) is 105 cm³/mol. The summed E-state index contributed by atoms with van der Waals surface area (Å²) < 4.78 is 0. The molecule has 27 heavy (non-hydrogen) atoms. The summed E-state index contributed by atoms with van der Waals surface area (Å²) in [6.45, 7) is 8.00. The Labute approximate surface area is 158 Å². The van der Waals surface area contributed by atoms with Gasteiger partial charge in [-0.3, -0.25) is 9.59 Å². The van der Waals surface area contributed by atoms with Crippen molar-refractivity contribution in [3.8, 4) is 0 Å². The summed E-state index contributed by atoms with van der Waals surface area (Å²) in [5.74, 6) is 0.0675. The van der Waals surface area contributed by atoms with Crippen LogP contribution in [0.5, 0.6) is 0 Å². The Hall–Kier alpha value is -3.02. The molecule has 1 aliphatic rings. The number of amides is 2. The summed E-state index contributed by atoms with van der Waals surface area (Å²) >= 11 is 0. The number of aromatic nitrogens is 2. The summed E-state index contributed by atoms with van der Waals surface area (Å²) in [7, 11) is 0. The van der Waals surface area contributed by atoms with Crippen LogP contribution in [0.1, 0.15) is 37.8 Å². The van der Waals surface area contributed by atoms with Gasteiger partial charge in [0.05, 0.1) is 11.1 Å². The number of aromatic amines is 2. The molecule has 6 heteroatoms. The van der Waals surface area contributed by atoms with E-state index in [4.69, 9.17) is 0 Å². The minimum atomic E-state index is 0.0331. The van der Waals surface area contributed by atoms with Crippen LogP contribution in [-0.4, -0.2) is 57.8 Å². The number of aryl methyl sites for hydroxylation is 3. The first-order valence-electron chi connectivity index (χ1n) is 9.28. The second kappa shape index (κ2) is 6.61. The van der Waals surface area contributed by atoms with Gasteiger partial charge in [-0.2, -0.15) is 0 Å². The lowest BCUT2D eigenvalue weighted by atomic mass is 10.1. The Morgan fingerprint density at radius 2 is 1.48 bits per heavy atom. The lowest BCUT2D eigenvalue weighted by Gasteiger charge is -2.35. The number of nitrogens with one attached hydrogen (secondary N) is 2. The number of piperazine rings is 1. The van der Waals surface area contributed by atoms with Gasteiger partial charge in [0.15, 0.2) is 0 Å². The number of H-pyrrole nitrogens is 2. The van der Waals surface area contributed by atoms with Gasteiger partial charge in [0.1, 0.15) is 0 Å². The van der Waals surface area contributed by atoms with Crippen molar-refractivity contribution in [3.63, 3.8) is 0 Å². The molecular weight excluding hydrogens is 340 g/mol. The van der Waals surface area contributed by atoms with E-state index in [0.29, 0.717) is 26.2 Å². The van der Waals surface area contributed by atoms with E-state index < -0.39 is 0 Å². The van der Waals surface area contributed by atoms with E-state index in [-0.39, 0.29) is 11.8 Å². The molecule has 1 aliphatic heterocycles. The van der Waals surface area contributed by atoms with Crippen molar-refractivity contribution in [2.45, 2.75) is 20.8 Å². The van der Waals surface area contributed by atoms with Gasteiger partial charge in [0.2, 0.25) is 0 Å².